The molecule has 1 unspecified atom stereocenters. The molecule has 1 atom stereocenters. The maximum absolute atomic E-state index is 14.2. The number of carboxylic acids is 1. The minimum absolute atomic E-state index is 0.274. The van der Waals surface area contributed by atoms with Gasteiger partial charge in [0.15, 0.2) is 0 Å². The van der Waals surface area contributed by atoms with Crippen LogP contribution < -0.4 is 0 Å². The highest BCUT2D eigenvalue weighted by Gasteiger charge is 2.32. The third-order valence-corrected chi connectivity index (χ3v) is 4.26. The summed E-state index contributed by atoms with van der Waals surface area (Å²) in [6, 6.07) is 9.97. The predicted octanol–water partition coefficient (Wildman–Crippen LogP) is 3.30. The highest BCUT2D eigenvalue weighted by atomic mass is 19.1. The zero-order valence-electron chi connectivity index (χ0n) is 12.1. The molecule has 4 nitrogen and oxygen atoms in total. The molecule has 2 heterocycles. The van der Waals surface area contributed by atoms with Gasteiger partial charge in [0, 0.05) is 18.7 Å². The number of hydrogen-bond acceptors (Lipinski definition) is 3. The summed E-state index contributed by atoms with van der Waals surface area (Å²) in [4.78, 5) is 13.2. The first-order chi connectivity index (χ1) is 10.7. The highest BCUT2D eigenvalue weighted by molar-refractivity contribution is 5.70. The average molecular weight is 303 g/mol. The summed E-state index contributed by atoms with van der Waals surface area (Å²) < 4.78 is 19.7. The fourth-order valence-corrected chi connectivity index (χ4v) is 3.08. The number of nitrogens with zero attached hydrogens (tertiary/aromatic N) is 1. The molecule has 1 N–H and O–H groups in total. The Bertz CT molecular complexity index is 633. The fourth-order valence-electron chi connectivity index (χ4n) is 3.08. The number of benzene rings is 1. The van der Waals surface area contributed by atoms with E-state index in [1.807, 2.05) is 6.07 Å². The first-order valence-corrected chi connectivity index (χ1v) is 7.41. The summed E-state index contributed by atoms with van der Waals surface area (Å²) in [6.07, 6.45) is 2.72. The quantitative estimate of drug-likeness (QED) is 0.941. The molecule has 0 saturated carbocycles. The van der Waals surface area contributed by atoms with Crippen molar-refractivity contribution in [2.45, 2.75) is 18.9 Å². The highest BCUT2D eigenvalue weighted by Crippen LogP contribution is 2.33. The predicted molar refractivity (Wildman–Crippen MR) is 78.9 cm³/mol. The maximum atomic E-state index is 14.2. The summed E-state index contributed by atoms with van der Waals surface area (Å²) in [7, 11) is 0. The van der Waals surface area contributed by atoms with E-state index in [9.17, 15) is 9.18 Å². The van der Waals surface area contributed by atoms with Crippen molar-refractivity contribution in [3.63, 3.8) is 0 Å². The van der Waals surface area contributed by atoms with Crippen LogP contribution in [-0.4, -0.2) is 29.1 Å². The van der Waals surface area contributed by atoms with Crippen molar-refractivity contribution in [2.24, 2.45) is 5.92 Å². The van der Waals surface area contributed by atoms with E-state index < -0.39 is 5.97 Å². The van der Waals surface area contributed by atoms with Gasteiger partial charge in [-0.2, -0.15) is 0 Å². The standard InChI is InChI=1S/C17H18FNO3/c18-14-5-2-1-4-13(14)16(15-6-3-11-22-15)19-9-7-12(8-10-19)17(20)21/h1-6,11-12,16H,7-10H2,(H,20,21). The molecule has 0 aliphatic carbocycles. The minimum atomic E-state index is -0.750. The molecular formula is C17H18FNO3. The SMILES string of the molecule is O=C(O)C1CCN(C(c2ccco2)c2ccccc2F)CC1. The molecule has 1 aliphatic rings. The van der Waals surface area contributed by atoms with E-state index in [1.54, 1.807) is 30.5 Å². The maximum Gasteiger partial charge on any atom is 0.306 e. The molecule has 2 aromatic rings. The minimum Gasteiger partial charge on any atom is -0.481 e. The number of halogens is 1. The number of carbonyl (C=O) groups is 1. The van der Waals surface area contributed by atoms with E-state index >= 15 is 0 Å². The van der Waals surface area contributed by atoms with E-state index in [2.05, 4.69) is 4.90 Å². The van der Waals surface area contributed by atoms with Crippen LogP contribution >= 0.6 is 0 Å². The Hall–Kier alpha value is -2.14. The summed E-state index contributed by atoms with van der Waals surface area (Å²) in [5.41, 5.74) is 0.561. The number of hydrogen-bond donors (Lipinski definition) is 1. The molecule has 3 rings (SSSR count). The van der Waals surface area contributed by atoms with Crippen LogP contribution in [0.4, 0.5) is 4.39 Å². The Morgan fingerprint density at radius 3 is 2.55 bits per heavy atom. The Kier molecular flexibility index (Phi) is 4.24. The van der Waals surface area contributed by atoms with Crippen LogP contribution in [0.3, 0.4) is 0 Å². The Morgan fingerprint density at radius 1 is 1.23 bits per heavy atom. The van der Waals surface area contributed by atoms with Gasteiger partial charge in [-0.25, -0.2) is 4.39 Å². The van der Waals surface area contributed by atoms with Crippen LogP contribution in [0, 0.1) is 11.7 Å². The first-order valence-electron chi connectivity index (χ1n) is 7.41. The summed E-state index contributed by atoms with van der Waals surface area (Å²) >= 11 is 0. The number of aliphatic carboxylic acids is 1. The van der Waals surface area contributed by atoms with Crippen LogP contribution in [0.2, 0.25) is 0 Å². The van der Waals surface area contributed by atoms with Gasteiger partial charge < -0.3 is 9.52 Å². The molecule has 1 saturated heterocycles. The molecule has 1 fully saturated rings. The number of furan rings is 1. The lowest BCUT2D eigenvalue weighted by Gasteiger charge is -2.35. The van der Waals surface area contributed by atoms with Crippen LogP contribution in [0.5, 0.6) is 0 Å². The van der Waals surface area contributed by atoms with Crippen molar-refractivity contribution in [3.8, 4) is 0 Å². The van der Waals surface area contributed by atoms with Crippen molar-refractivity contribution < 1.29 is 18.7 Å². The second-order valence-corrected chi connectivity index (χ2v) is 5.59. The van der Waals surface area contributed by atoms with Gasteiger partial charge in [0.25, 0.3) is 0 Å². The first kappa shape index (κ1) is 14.8. The largest absolute Gasteiger partial charge is 0.481 e. The van der Waals surface area contributed by atoms with Crippen molar-refractivity contribution in [1.29, 1.82) is 0 Å². The summed E-state index contributed by atoms with van der Waals surface area (Å²) in [5.74, 6) is -0.655. The number of carboxylic acid groups (broad SMARTS) is 1. The van der Waals surface area contributed by atoms with Gasteiger partial charge in [-0.05, 0) is 31.0 Å². The van der Waals surface area contributed by atoms with Gasteiger partial charge >= 0.3 is 5.97 Å². The summed E-state index contributed by atoms with van der Waals surface area (Å²) in [6.45, 7) is 1.22. The third kappa shape index (κ3) is 2.90. The van der Waals surface area contributed by atoms with Crippen molar-refractivity contribution in [3.05, 3.63) is 59.8 Å². The number of likely N-dealkylation sites (tertiary alicyclic amines) is 1. The van der Waals surface area contributed by atoms with E-state index in [1.165, 1.54) is 6.07 Å². The van der Waals surface area contributed by atoms with Crippen LogP contribution in [0.25, 0.3) is 0 Å². The van der Waals surface area contributed by atoms with Gasteiger partial charge in [-0.3, -0.25) is 9.69 Å². The molecule has 5 heteroatoms. The van der Waals surface area contributed by atoms with Gasteiger partial charge in [0.2, 0.25) is 0 Å². The Balaban J connectivity index is 1.88. The number of rotatable bonds is 4. The lowest BCUT2D eigenvalue weighted by atomic mass is 9.93. The van der Waals surface area contributed by atoms with E-state index in [4.69, 9.17) is 9.52 Å². The molecule has 1 aliphatic heterocycles. The van der Waals surface area contributed by atoms with E-state index in [-0.39, 0.29) is 17.8 Å². The van der Waals surface area contributed by atoms with Crippen LogP contribution in [0.15, 0.2) is 47.1 Å². The molecule has 1 aromatic carbocycles. The lowest BCUT2D eigenvalue weighted by molar-refractivity contribution is -0.143. The monoisotopic (exact) mass is 303 g/mol. The fraction of sp³-hybridized carbons (Fsp3) is 0.353. The summed E-state index contributed by atoms with van der Waals surface area (Å²) in [5, 5.41) is 9.11. The third-order valence-electron chi connectivity index (χ3n) is 4.26. The average Bonchev–Trinajstić information content (AvgIpc) is 3.04. The molecule has 1 aromatic heterocycles. The van der Waals surface area contributed by atoms with E-state index in [0.717, 1.165) is 0 Å². The van der Waals surface area contributed by atoms with Crippen LogP contribution in [-0.2, 0) is 4.79 Å². The van der Waals surface area contributed by atoms with Crippen LogP contribution in [0.1, 0.15) is 30.2 Å². The zero-order valence-corrected chi connectivity index (χ0v) is 12.1. The molecule has 0 radical (unpaired) electrons. The molecule has 0 spiro atoms. The van der Waals surface area contributed by atoms with Crippen molar-refractivity contribution >= 4 is 5.97 Å². The molecular weight excluding hydrogens is 285 g/mol. The molecule has 22 heavy (non-hydrogen) atoms. The molecule has 0 amide bonds. The normalized spacial score (nSPS) is 18.2. The second kappa shape index (κ2) is 6.32. The van der Waals surface area contributed by atoms with Gasteiger partial charge in [0.1, 0.15) is 11.6 Å². The van der Waals surface area contributed by atoms with Gasteiger partial charge in [-0.15, -0.1) is 0 Å². The Morgan fingerprint density at radius 2 is 1.95 bits per heavy atom. The van der Waals surface area contributed by atoms with Gasteiger partial charge in [0.05, 0.1) is 18.2 Å². The van der Waals surface area contributed by atoms with E-state index in [0.29, 0.717) is 37.3 Å². The Labute approximate surface area is 128 Å². The van der Waals surface area contributed by atoms with Crippen molar-refractivity contribution in [1.82, 2.24) is 4.90 Å². The zero-order chi connectivity index (χ0) is 15.5. The smallest absolute Gasteiger partial charge is 0.306 e. The molecule has 116 valence electrons. The van der Waals surface area contributed by atoms with Crippen molar-refractivity contribution in [2.75, 3.05) is 13.1 Å². The van der Waals surface area contributed by atoms with Gasteiger partial charge in [-0.1, -0.05) is 18.2 Å². The lowest BCUT2D eigenvalue weighted by Crippen LogP contribution is -2.39. The molecule has 0 bridgehead atoms. The number of piperidine rings is 1. The topological polar surface area (TPSA) is 53.7 Å². The second-order valence-electron chi connectivity index (χ2n) is 5.59.